The number of likely N-dealkylation sites (tertiary alicyclic amines) is 2. The Morgan fingerprint density at radius 3 is 2.04 bits per heavy atom. The molecule has 2 fully saturated rings. The molecule has 0 bridgehead atoms. The molecule has 1 amide bonds. The highest BCUT2D eigenvalue weighted by atomic mass is 16.2. The van der Waals surface area contributed by atoms with Crippen LogP contribution in [0.3, 0.4) is 0 Å². The first-order chi connectivity index (χ1) is 12.3. The van der Waals surface area contributed by atoms with Gasteiger partial charge in [0.15, 0.2) is 0 Å². The van der Waals surface area contributed by atoms with Crippen LogP contribution in [0.1, 0.15) is 68.7 Å². The van der Waals surface area contributed by atoms with Crippen molar-refractivity contribution in [3.63, 3.8) is 0 Å². The quantitative estimate of drug-likeness (QED) is 0.799. The Bertz CT molecular complexity index is 622. The number of rotatable bonds is 3. The highest BCUT2D eigenvalue weighted by Crippen LogP contribution is 2.29. The first-order valence-corrected chi connectivity index (χ1v) is 10.4. The third kappa shape index (κ3) is 4.31. The number of nitrogens with zero attached hydrogens (tertiary/aromatic N) is 2. The van der Waals surface area contributed by atoms with E-state index in [1.165, 1.54) is 35.1 Å². The van der Waals surface area contributed by atoms with Crippen LogP contribution < -0.4 is 0 Å². The Morgan fingerprint density at radius 2 is 1.54 bits per heavy atom. The average molecular weight is 357 g/mol. The number of piperidine rings is 1. The predicted octanol–water partition coefficient (Wildman–Crippen LogP) is 4.44. The summed E-state index contributed by atoms with van der Waals surface area (Å²) in [5.41, 5.74) is 5.91. The molecular formula is C23H36N2O. The van der Waals surface area contributed by atoms with Gasteiger partial charge in [0.2, 0.25) is 5.91 Å². The van der Waals surface area contributed by atoms with E-state index >= 15 is 0 Å². The SMILES string of the molecule is Cc1cc(C(C)(C)C)cc(C)c1CN1CCC(C(=O)N2CCCC2)CC1. The minimum atomic E-state index is 0.197. The summed E-state index contributed by atoms with van der Waals surface area (Å²) in [6.07, 6.45) is 4.42. The Labute approximate surface area is 159 Å². The first kappa shape index (κ1) is 19.4. The normalized spacial score (nSPS) is 20.0. The average Bonchev–Trinajstić information content (AvgIpc) is 3.11. The minimum absolute atomic E-state index is 0.197. The lowest BCUT2D eigenvalue weighted by Crippen LogP contribution is -2.41. The molecule has 3 nitrogen and oxygen atoms in total. The number of aryl methyl sites for hydroxylation is 2. The summed E-state index contributed by atoms with van der Waals surface area (Å²) in [5, 5.41) is 0. The van der Waals surface area contributed by atoms with Gasteiger partial charge in [-0.25, -0.2) is 0 Å². The van der Waals surface area contributed by atoms with Gasteiger partial charge < -0.3 is 4.90 Å². The van der Waals surface area contributed by atoms with Crippen molar-refractivity contribution < 1.29 is 4.79 Å². The summed E-state index contributed by atoms with van der Waals surface area (Å²) in [6.45, 7) is 16.4. The van der Waals surface area contributed by atoms with Crippen molar-refractivity contribution in [3.8, 4) is 0 Å². The van der Waals surface area contributed by atoms with Crippen molar-refractivity contribution in [2.24, 2.45) is 5.92 Å². The molecule has 0 unspecified atom stereocenters. The van der Waals surface area contributed by atoms with E-state index in [1.54, 1.807) is 0 Å². The molecular weight excluding hydrogens is 320 g/mol. The minimum Gasteiger partial charge on any atom is -0.342 e. The fourth-order valence-corrected chi connectivity index (χ4v) is 4.43. The lowest BCUT2D eigenvalue weighted by Gasteiger charge is -2.34. The van der Waals surface area contributed by atoms with Crippen LogP contribution in [0.25, 0.3) is 0 Å². The lowest BCUT2D eigenvalue weighted by molar-refractivity contribution is -0.136. The van der Waals surface area contributed by atoms with Crippen molar-refractivity contribution in [2.45, 2.75) is 72.3 Å². The van der Waals surface area contributed by atoms with Crippen LogP contribution in [0.2, 0.25) is 0 Å². The zero-order valence-electron chi connectivity index (χ0n) is 17.4. The number of carbonyl (C=O) groups excluding carboxylic acids is 1. The molecule has 0 atom stereocenters. The maximum Gasteiger partial charge on any atom is 0.225 e. The van der Waals surface area contributed by atoms with Crippen molar-refractivity contribution >= 4 is 5.91 Å². The smallest absolute Gasteiger partial charge is 0.225 e. The molecule has 26 heavy (non-hydrogen) atoms. The van der Waals surface area contributed by atoms with E-state index in [4.69, 9.17) is 0 Å². The standard InChI is InChI=1S/C23H36N2O/c1-17-14-20(23(3,4)5)15-18(2)21(17)16-24-12-8-19(9-13-24)22(26)25-10-6-7-11-25/h14-15,19H,6-13,16H2,1-5H3. The van der Waals surface area contributed by atoms with E-state index in [9.17, 15) is 4.79 Å². The maximum atomic E-state index is 12.6. The number of benzene rings is 1. The second kappa shape index (κ2) is 7.72. The van der Waals surface area contributed by atoms with E-state index in [1.807, 2.05) is 0 Å². The van der Waals surface area contributed by atoms with Crippen LogP contribution in [0, 0.1) is 19.8 Å². The second-order valence-electron chi connectivity index (χ2n) is 9.42. The van der Waals surface area contributed by atoms with Gasteiger partial charge in [0.1, 0.15) is 0 Å². The Morgan fingerprint density at radius 1 is 1.00 bits per heavy atom. The van der Waals surface area contributed by atoms with Crippen LogP contribution in [-0.2, 0) is 16.8 Å². The Kier molecular flexibility index (Phi) is 5.76. The molecule has 1 aromatic rings. The van der Waals surface area contributed by atoms with E-state index in [0.717, 1.165) is 45.6 Å². The molecule has 0 radical (unpaired) electrons. The molecule has 1 aromatic carbocycles. The van der Waals surface area contributed by atoms with Crippen LogP contribution in [-0.4, -0.2) is 41.9 Å². The third-order valence-corrected chi connectivity index (χ3v) is 6.30. The molecule has 2 aliphatic heterocycles. The van der Waals surface area contributed by atoms with E-state index in [-0.39, 0.29) is 11.3 Å². The van der Waals surface area contributed by atoms with Crippen LogP contribution in [0.4, 0.5) is 0 Å². The molecule has 3 rings (SSSR count). The zero-order valence-corrected chi connectivity index (χ0v) is 17.4. The topological polar surface area (TPSA) is 23.6 Å². The van der Waals surface area contributed by atoms with E-state index in [0.29, 0.717) is 5.91 Å². The van der Waals surface area contributed by atoms with Gasteiger partial charge in [-0.05, 0) is 80.3 Å². The molecule has 0 N–H and O–H groups in total. The molecule has 0 aliphatic carbocycles. The zero-order chi connectivity index (χ0) is 18.9. The highest BCUT2D eigenvalue weighted by molar-refractivity contribution is 5.79. The Hall–Kier alpha value is -1.35. The molecule has 2 heterocycles. The van der Waals surface area contributed by atoms with Gasteiger partial charge in [-0.3, -0.25) is 9.69 Å². The van der Waals surface area contributed by atoms with Crippen LogP contribution >= 0.6 is 0 Å². The first-order valence-electron chi connectivity index (χ1n) is 10.4. The highest BCUT2D eigenvalue weighted by Gasteiger charge is 2.30. The molecule has 2 aliphatic rings. The second-order valence-corrected chi connectivity index (χ2v) is 9.42. The molecule has 0 aromatic heterocycles. The maximum absolute atomic E-state index is 12.6. The van der Waals surface area contributed by atoms with Gasteiger partial charge in [-0.2, -0.15) is 0 Å². The summed E-state index contributed by atoms with van der Waals surface area (Å²) < 4.78 is 0. The molecule has 2 saturated heterocycles. The Balaban J connectivity index is 1.60. The van der Waals surface area contributed by atoms with Gasteiger partial charge in [0.05, 0.1) is 0 Å². The van der Waals surface area contributed by atoms with Gasteiger partial charge >= 0.3 is 0 Å². The summed E-state index contributed by atoms with van der Waals surface area (Å²) in [4.78, 5) is 17.3. The van der Waals surface area contributed by atoms with Crippen molar-refractivity contribution in [3.05, 3.63) is 34.4 Å². The van der Waals surface area contributed by atoms with Crippen molar-refractivity contribution in [1.29, 1.82) is 0 Å². The van der Waals surface area contributed by atoms with Crippen molar-refractivity contribution in [2.75, 3.05) is 26.2 Å². The summed E-state index contributed by atoms with van der Waals surface area (Å²) in [6, 6.07) is 4.73. The summed E-state index contributed by atoms with van der Waals surface area (Å²) >= 11 is 0. The van der Waals surface area contributed by atoms with Gasteiger partial charge in [0, 0.05) is 25.6 Å². The van der Waals surface area contributed by atoms with Gasteiger partial charge in [-0.15, -0.1) is 0 Å². The van der Waals surface area contributed by atoms with Crippen LogP contribution in [0.15, 0.2) is 12.1 Å². The largest absolute Gasteiger partial charge is 0.342 e. The van der Waals surface area contributed by atoms with Crippen LogP contribution in [0.5, 0.6) is 0 Å². The van der Waals surface area contributed by atoms with E-state index < -0.39 is 0 Å². The molecule has 3 heteroatoms. The summed E-state index contributed by atoms with van der Waals surface area (Å²) in [5.74, 6) is 0.679. The number of hydrogen-bond donors (Lipinski definition) is 0. The number of carbonyl (C=O) groups is 1. The fraction of sp³-hybridized carbons (Fsp3) is 0.696. The molecule has 0 saturated carbocycles. The third-order valence-electron chi connectivity index (χ3n) is 6.30. The van der Waals surface area contributed by atoms with Gasteiger partial charge in [-0.1, -0.05) is 32.9 Å². The number of amides is 1. The van der Waals surface area contributed by atoms with Crippen molar-refractivity contribution in [1.82, 2.24) is 9.80 Å². The number of hydrogen-bond acceptors (Lipinski definition) is 2. The predicted molar refractivity (Wildman–Crippen MR) is 108 cm³/mol. The monoisotopic (exact) mass is 356 g/mol. The molecule has 0 spiro atoms. The lowest BCUT2D eigenvalue weighted by atomic mass is 9.83. The molecule has 144 valence electrons. The van der Waals surface area contributed by atoms with E-state index in [2.05, 4.69) is 56.6 Å². The summed E-state index contributed by atoms with van der Waals surface area (Å²) in [7, 11) is 0. The van der Waals surface area contributed by atoms with Gasteiger partial charge in [0.25, 0.3) is 0 Å². The fourth-order valence-electron chi connectivity index (χ4n) is 4.43.